The van der Waals surface area contributed by atoms with E-state index in [0.29, 0.717) is 5.54 Å². The standard InChI is InChI=1S/C14H31N.H3O4P/c1-6-8-10-12-14(3,15(4)5)13-11-9-7-2;1-5(2,3)4/h6-13H2,1-5H3;(H3,1,2,3,4). The first-order valence-electron chi connectivity index (χ1n) is 7.52. The van der Waals surface area contributed by atoms with Gasteiger partial charge < -0.3 is 19.6 Å². The van der Waals surface area contributed by atoms with E-state index in [1.165, 1.54) is 51.4 Å². The maximum atomic E-state index is 8.88. The summed E-state index contributed by atoms with van der Waals surface area (Å²) in [7, 11) is -0.171. The van der Waals surface area contributed by atoms with Crippen molar-refractivity contribution in [2.75, 3.05) is 14.1 Å². The fraction of sp³-hybridized carbons (Fsp3) is 1.00. The molecule has 0 aromatic carbocycles. The average Bonchev–Trinajstić information content (AvgIpc) is 2.27. The highest BCUT2D eigenvalue weighted by atomic mass is 31.2. The molecule has 0 saturated carbocycles. The number of nitrogens with zero attached hydrogens (tertiary/aromatic N) is 1. The molecule has 6 heteroatoms. The van der Waals surface area contributed by atoms with Crippen LogP contribution in [0.4, 0.5) is 0 Å². The predicted octanol–water partition coefficient (Wildman–Crippen LogP) is 3.54. The number of rotatable bonds is 9. The molecule has 20 heavy (non-hydrogen) atoms. The van der Waals surface area contributed by atoms with Crippen LogP contribution >= 0.6 is 7.82 Å². The van der Waals surface area contributed by atoms with Crippen LogP contribution < -0.4 is 0 Å². The van der Waals surface area contributed by atoms with Crippen LogP contribution in [0.3, 0.4) is 0 Å². The van der Waals surface area contributed by atoms with E-state index in [9.17, 15) is 0 Å². The molecule has 0 aliphatic heterocycles. The average molecular weight is 311 g/mol. The first kappa shape index (κ1) is 22.4. The van der Waals surface area contributed by atoms with Crippen molar-refractivity contribution < 1.29 is 19.2 Å². The molecule has 0 aromatic rings. The maximum absolute atomic E-state index is 8.88. The fourth-order valence-corrected chi connectivity index (χ4v) is 2.08. The highest BCUT2D eigenvalue weighted by molar-refractivity contribution is 7.45. The third kappa shape index (κ3) is 16.1. The molecule has 0 saturated heterocycles. The van der Waals surface area contributed by atoms with Gasteiger partial charge in [0.25, 0.3) is 0 Å². The van der Waals surface area contributed by atoms with E-state index in [1.54, 1.807) is 0 Å². The van der Waals surface area contributed by atoms with Crippen molar-refractivity contribution in [1.82, 2.24) is 4.90 Å². The SMILES string of the molecule is CCCCCC(C)(CCCCC)N(C)C.O=P(O)(O)O. The molecule has 0 aromatic heterocycles. The zero-order valence-electron chi connectivity index (χ0n) is 13.8. The second kappa shape index (κ2) is 11.7. The second-order valence-electron chi connectivity index (χ2n) is 5.82. The van der Waals surface area contributed by atoms with E-state index in [1.807, 2.05) is 0 Å². The van der Waals surface area contributed by atoms with Crippen LogP contribution in [0.1, 0.15) is 72.1 Å². The lowest BCUT2D eigenvalue weighted by molar-refractivity contribution is 0.140. The van der Waals surface area contributed by atoms with Crippen LogP contribution in [0.5, 0.6) is 0 Å². The van der Waals surface area contributed by atoms with Crippen molar-refractivity contribution in [1.29, 1.82) is 0 Å². The van der Waals surface area contributed by atoms with Crippen LogP contribution in [-0.4, -0.2) is 39.2 Å². The first-order chi connectivity index (χ1) is 9.06. The molecule has 0 amide bonds. The van der Waals surface area contributed by atoms with Gasteiger partial charge in [-0.1, -0.05) is 52.4 Å². The summed E-state index contributed by atoms with van der Waals surface area (Å²) in [6.07, 6.45) is 10.9. The van der Waals surface area contributed by atoms with Crippen molar-refractivity contribution in [3.8, 4) is 0 Å². The van der Waals surface area contributed by atoms with Crippen LogP contribution in [0.15, 0.2) is 0 Å². The minimum atomic E-state index is -4.64. The van der Waals surface area contributed by atoms with Gasteiger partial charge in [0.15, 0.2) is 0 Å². The molecule has 0 atom stereocenters. The lowest BCUT2D eigenvalue weighted by Crippen LogP contribution is -2.41. The van der Waals surface area contributed by atoms with Crippen molar-refractivity contribution in [3.63, 3.8) is 0 Å². The largest absolute Gasteiger partial charge is 0.466 e. The molecule has 3 N–H and O–H groups in total. The van der Waals surface area contributed by atoms with Crippen LogP contribution in [0, 0.1) is 0 Å². The van der Waals surface area contributed by atoms with Crippen molar-refractivity contribution in [2.24, 2.45) is 0 Å². The van der Waals surface area contributed by atoms with E-state index in [2.05, 4.69) is 39.8 Å². The van der Waals surface area contributed by atoms with E-state index in [-0.39, 0.29) is 0 Å². The summed E-state index contributed by atoms with van der Waals surface area (Å²) in [4.78, 5) is 24.0. The zero-order chi connectivity index (χ0) is 16.2. The molecule has 124 valence electrons. The van der Waals surface area contributed by atoms with Gasteiger partial charge in [-0.2, -0.15) is 0 Å². The molecule has 0 unspecified atom stereocenters. The summed E-state index contributed by atoms with van der Waals surface area (Å²) < 4.78 is 8.88. The minimum absolute atomic E-state index is 0.435. The lowest BCUT2D eigenvalue weighted by Gasteiger charge is -2.37. The normalized spacial score (nSPS) is 12.2. The van der Waals surface area contributed by atoms with Gasteiger partial charge in [0.1, 0.15) is 0 Å². The summed E-state index contributed by atoms with van der Waals surface area (Å²) in [6, 6.07) is 0. The molecular weight excluding hydrogens is 277 g/mol. The second-order valence-corrected chi connectivity index (χ2v) is 6.85. The van der Waals surface area contributed by atoms with E-state index in [4.69, 9.17) is 19.2 Å². The van der Waals surface area contributed by atoms with Gasteiger partial charge in [-0.25, -0.2) is 4.57 Å². The highest BCUT2D eigenvalue weighted by Gasteiger charge is 2.25. The Morgan fingerprint density at radius 2 is 1.20 bits per heavy atom. The summed E-state index contributed by atoms with van der Waals surface area (Å²) in [5.74, 6) is 0. The van der Waals surface area contributed by atoms with Gasteiger partial charge in [-0.3, -0.25) is 0 Å². The summed E-state index contributed by atoms with van der Waals surface area (Å²) >= 11 is 0. The molecule has 0 aliphatic rings. The van der Waals surface area contributed by atoms with E-state index >= 15 is 0 Å². The lowest BCUT2D eigenvalue weighted by atomic mass is 9.87. The van der Waals surface area contributed by atoms with Gasteiger partial charge >= 0.3 is 7.82 Å². The quantitative estimate of drug-likeness (QED) is 0.448. The number of hydrogen-bond donors (Lipinski definition) is 3. The number of phosphoric acid groups is 1. The Balaban J connectivity index is 0. The Hall–Kier alpha value is 0.0700. The van der Waals surface area contributed by atoms with Crippen LogP contribution in [-0.2, 0) is 4.57 Å². The first-order valence-corrected chi connectivity index (χ1v) is 9.09. The Morgan fingerprint density at radius 3 is 1.40 bits per heavy atom. The summed E-state index contributed by atoms with van der Waals surface area (Å²) in [6.45, 7) is 6.99. The molecule has 0 fully saturated rings. The Morgan fingerprint density at radius 1 is 0.900 bits per heavy atom. The predicted molar refractivity (Wildman–Crippen MR) is 84.6 cm³/mol. The van der Waals surface area contributed by atoms with Crippen molar-refractivity contribution in [2.45, 2.75) is 77.7 Å². The summed E-state index contributed by atoms with van der Waals surface area (Å²) in [5.41, 5.74) is 0.435. The van der Waals surface area contributed by atoms with Gasteiger partial charge in [0, 0.05) is 5.54 Å². The number of hydrogen-bond acceptors (Lipinski definition) is 2. The monoisotopic (exact) mass is 311 g/mol. The smallest absolute Gasteiger partial charge is 0.304 e. The molecule has 0 heterocycles. The maximum Gasteiger partial charge on any atom is 0.466 e. The molecule has 0 rings (SSSR count). The highest BCUT2D eigenvalue weighted by Crippen LogP contribution is 2.26. The third-order valence-corrected chi connectivity index (χ3v) is 3.72. The van der Waals surface area contributed by atoms with Gasteiger partial charge in [0.05, 0.1) is 0 Å². The summed E-state index contributed by atoms with van der Waals surface area (Å²) in [5, 5.41) is 0. The van der Waals surface area contributed by atoms with Crippen LogP contribution in [0.2, 0.25) is 0 Å². The molecule has 5 nitrogen and oxygen atoms in total. The molecular formula is C14H34NO4P. The van der Waals surface area contributed by atoms with Gasteiger partial charge in [-0.05, 0) is 33.9 Å². The molecule has 0 bridgehead atoms. The molecule has 0 radical (unpaired) electrons. The topological polar surface area (TPSA) is 81.0 Å². The van der Waals surface area contributed by atoms with E-state index in [0.717, 1.165) is 0 Å². The third-order valence-electron chi connectivity index (χ3n) is 3.72. The van der Waals surface area contributed by atoms with Crippen molar-refractivity contribution >= 4 is 7.82 Å². The van der Waals surface area contributed by atoms with Crippen LogP contribution in [0.25, 0.3) is 0 Å². The van der Waals surface area contributed by atoms with Crippen molar-refractivity contribution in [3.05, 3.63) is 0 Å². The Kier molecular flexibility index (Phi) is 13.1. The zero-order valence-corrected chi connectivity index (χ0v) is 14.7. The Labute approximate surface area is 124 Å². The minimum Gasteiger partial charge on any atom is -0.304 e. The van der Waals surface area contributed by atoms with E-state index < -0.39 is 7.82 Å². The number of unbranched alkanes of at least 4 members (excludes halogenated alkanes) is 4. The molecule has 0 spiro atoms. The van der Waals surface area contributed by atoms with Gasteiger partial charge in [0.2, 0.25) is 0 Å². The fourth-order valence-electron chi connectivity index (χ4n) is 2.08. The molecule has 0 aliphatic carbocycles. The van der Waals surface area contributed by atoms with Gasteiger partial charge in [-0.15, -0.1) is 0 Å². The Bertz CT molecular complexity index is 248.